The number of carbonyl (C=O) groups is 1. The Labute approximate surface area is 136 Å². The zero-order valence-electron chi connectivity index (χ0n) is 13.0. The number of nitrogens with zero attached hydrogens (tertiary/aromatic N) is 3. The zero-order valence-corrected chi connectivity index (χ0v) is 13.8. The van der Waals surface area contributed by atoms with Gasteiger partial charge in [-0.2, -0.15) is 13.2 Å². The standard InChI is InChI=1S/C14H19F3N4OS/c1-3-9(4-2)11-19-20-12(23-11)18-13(22)21-7-5-10(6-8-21)14(15,16)17/h5,9H,3-4,6-8H2,1-2H3,(H,18,20,22). The molecule has 0 aliphatic carbocycles. The van der Waals surface area contributed by atoms with Crippen LogP contribution in [0.3, 0.4) is 0 Å². The van der Waals surface area contributed by atoms with E-state index in [0.29, 0.717) is 11.0 Å². The lowest BCUT2D eigenvalue weighted by molar-refractivity contribution is -0.0955. The highest BCUT2D eigenvalue weighted by atomic mass is 32.1. The number of hydrogen-bond donors (Lipinski definition) is 1. The van der Waals surface area contributed by atoms with Crippen LogP contribution in [0.15, 0.2) is 11.6 Å². The summed E-state index contributed by atoms with van der Waals surface area (Å²) in [4.78, 5) is 13.4. The van der Waals surface area contributed by atoms with Gasteiger partial charge >= 0.3 is 12.2 Å². The molecular formula is C14H19F3N4OS. The fraction of sp³-hybridized carbons (Fsp3) is 0.643. The molecule has 23 heavy (non-hydrogen) atoms. The molecule has 0 saturated heterocycles. The van der Waals surface area contributed by atoms with Crippen molar-refractivity contribution in [1.82, 2.24) is 15.1 Å². The van der Waals surface area contributed by atoms with Crippen LogP contribution in [0, 0.1) is 0 Å². The first kappa shape index (κ1) is 17.7. The van der Waals surface area contributed by atoms with Crippen LogP contribution in [0.25, 0.3) is 0 Å². The van der Waals surface area contributed by atoms with E-state index in [-0.39, 0.29) is 19.5 Å². The predicted molar refractivity (Wildman–Crippen MR) is 82.6 cm³/mol. The molecule has 1 aromatic heterocycles. The largest absolute Gasteiger partial charge is 0.412 e. The summed E-state index contributed by atoms with van der Waals surface area (Å²) < 4.78 is 37.7. The van der Waals surface area contributed by atoms with E-state index in [1.807, 2.05) is 0 Å². The van der Waals surface area contributed by atoms with Gasteiger partial charge in [-0.15, -0.1) is 10.2 Å². The third kappa shape index (κ3) is 4.43. The minimum absolute atomic E-state index is 0.0371. The Morgan fingerprint density at radius 2 is 2.09 bits per heavy atom. The highest BCUT2D eigenvalue weighted by Crippen LogP contribution is 2.31. The quantitative estimate of drug-likeness (QED) is 0.831. The molecule has 1 N–H and O–H groups in total. The van der Waals surface area contributed by atoms with E-state index in [2.05, 4.69) is 29.4 Å². The molecular weight excluding hydrogens is 329 g/mol. The zero-order chi connectivity index (χ0) is 17.0. The molecule has 2 rings (SSSR count). The van der Waals surface area contributed by atoms with Crippen molar-refractivity contribution >= 4 is 22.5 Å². The first-order valence-electron chi connectivity index (χ1n) is 7.50. The van der Waals surface area contributed by atoms with E-state index in [1.165, 1.54) is 16.2 Å². The second-order valence-corrected chi connectivity index (χ2v) is 6.32. The number of carbonyl (C=O) groups excluding carboxylic acids is 1. The van der Waals surface area contributed by atoms with E-state index in [9.17, 15) is 18.0 Å². The van der Waals surface area contributed by atoms with Gasteiger partial charge < -0.3 is 4.90 Å². The van der Waals surface area contributed by atoms with Crippen molar-refractivity contribution in [3.63, 3.8) is 0 Å². The van der Waals surface area contributed by atoms with Gasteiger partial charge in [0.05, 0.1) is 0 Å². The highest BCUT2D eigenvalue weighted by molar-refractivity contribution is 7.15. The van der Waals surface area contributed by atoms with Crippen LogP contribution in [-0.2, 0) is 0 Å². The summed E-state index contributed by atoms with van der Waals surface area (Å²) in [6.45, 7) is 4.10. The molecule has 1 aliphatic heterocycles. The van der Waals surface area contributed by atoms with Gasteiger partial charge in [-0.25, -0.2) is 4.79 Å². The van der Waals surface area contributed by atoms with Crippen LogP contribution >= 0.6 is 11.3 Å². The highest BCUT2D eigenvalue weighted by Gasteiger charge is 2.35. The smallest absolute Gasteiger partial charge is 0.320 e. The number of alkyl halides is 3. The van der Waals surface area contributed by atoms with Crippen LogP contribution in [0.5, 0.6) is 0 Å². The monoisotopic (exact) mass is 348 g/mol. The van der Waals surface area contributed by atoms with Gasteiger partial charge in [0, 0.05) is 24.6 Å². The fourth-order valence-corrected chi connectivity index (χ4v) is 3.37. The number of halogens is 3. The van der Waals surface area contributed by atoms with E-state index in [0.717, 1.165) is 23.9 Å². The molecule has 2 heterocycles. The van der Waals surface area contributed by atoms with Gasteiger partial charge in [0.1, 0.15) is 5.01 Å². The number of aromatic nitrogens is 2. The van der Waals surface area contributed by atoms with E-state index < -0.39 is 17.8 Å². The summed E-state index contributed by atoms with van der Waals surface area (Å²) in [5.74, 6) is 0.311. The van der Waals surface area contributed by atoms with Gasteiger partial charge in [-0.1, -0.05) is 31.3 Å². The lowest BCUT2D eigenvalue weighted by atomic mass is 10.1. The van der Waals surface area contributed by atoms with Gasteiger partial charge in [0.15, 0.2) is 0 Å². The Morgan fingerprint density at radius 3 is 2.61 bits per heavy atom. The first-order chi connectivity index (χ1) is 10.8. The maximum Gasteiger partial charge on any atom is 0.412 e. The van der Waals surface area contributed by atoms with E-state index in [4.69, 9.17) is 0 Å². The predicted octanol–water partition coefficient (Wildman–Crippen LogP) is 4.17. The average Bonchev–Trinajstić information content (AvgIpc) is 2.96. The Balaban J connectivity index is 1.95. The minimum atomic E-state index is -4.31. The number of amides is 2. The topological polar surface area (TPSA) is 58.1 Å². The molecule has 0 aromatic carbocycles. The lowest BCUT2D eigenvalue weighted by Gasteiger charge is -2.26. The van der Waals surface area contributed by atoms with Crippen molar-refractivity contribution in [3.05, 3.63) is 16.7 Å². The van der Waals surface area contributed by atoms with Crippen LogP contribution < -0.4 is 5.32 Å². The minimum Gasteiger partial charge on any atom is -0.320 e. The molecule has 9 heteroatoms. The third-order valence-corrected chi connectivity index (χ3v) is 4.85. The summed E-state index contributed by atoms with van der Waals surface area (Å²) >= 11 is 1.31. The molecule has 0 bridgehead atoms. The SMILES string of the molecule is CCC(CC)c1nnc(NC(=O)N2CC=C(C(F)(F)F)CC2)s1. The maximum atomic E-state index is 12.6. The summed E-state index contributed by atoms with van der Waals surface area (Å²) in [6.07, 6.45) is -1.57. The Morgan fingerprint density at radius 1 is 1.39 bits per heavy atom. The van der Waals surface area contributed by atoms with Gasteiger partial charge in [-0.3, -0.25) is 5.32 Å². The summed E-state index contributed by atoms with van der Waals surface area (Å²) in [7, 11) is 0. The van der Waals surface area contributed by atoms with Crippen molar-refractivity contribution in [2.75, 3.05) is 18.4 Å². The number of anilines is 1. The van der Waals surface area contributed by atoms with E-state index >= 15 is 0 Å². The molecule has 5 nitrogen and oxygen atoms in total. The molecule has 0 radical (unpaired) electrons. The molecule has 0 spiro atoms. The Bertz CT molecular complexity index is 581. The van der Waals surface area contributed by atoms with Crippen molar-refractivity contribution in [1.29, 1.82) is 0 Å². The van der Waals surface area contributed by atoms with Crippen molar-refractivity contribution in [2.45, 2.75) is 45.2 Å². The number of hydrogen-bond acceptors (Lipinski definition) is 4. The maximum absolute atomic E-state index is 12.6. The van der Waals surface area contributed by atoms with E-state index in [1.54, 1.807) is 0 Å². The molecule has 0 saturated carbocycles. The average molecular weight is 348 g/mol. The fourth-order valence-electron chi connectivity index (χ4n) is 2.37. The first-order valence-corrected chi connectivity index (χ1v) is 8.32. The Kier molecular flexibility index (Phi) is 5.61. The van der Waals surface area contributed by atoms with Crippen molar-refractivity contribution < 1.29 is 18.0 Å². The number of urea groups is 1. The van der Waals surface area contributed by atoms with Crippen LogP contribution in [0.1, 0.15) is 44.0 Å². The van der Waals surface area contributed by atoms with Crippen molar-refractivity contribution in [3.8, 4) is 0 Å². The number of rotatable bonds is 4. The molecule has 0 fully saturated rings. The molecule has 0 unspecified atom stereocenters. The molecule has 0 atom stereocenters. The van der Waals surface area contributed by atoms with Crippen molar-refractivity contribution in [2.24, 2.45) is 0 Å². The summed E-state index contributed by atoms with van der Waals surface area (Å²) in [5, 5.41) is 11.9. The second kappa shape index (κ2) is 7.29. The third-order valence-electron chi connectivity index (χ3n) is 3.85. The van der Waals surface area contributed by atoms with Crippen LogP contribution in [0.4, 0.5) is 23.1 Å². The van der Waals surface area contributed by atoms with Gasteiger partial charge in [0.2, 0.25) is 5.13 Å². The lowest BCUT2D eigenvalue weighted by Crippen LogP contribution is -2.39. The number of nitrogens with one attached hydrogen (secondary N) is 1. The normalized spacial score (nSPS) is 15.7. The van der Waals surface area contributed by atoms with Crippen LogP contribution in [0.2, 0.25) is 0 Å². The molecule has 1 aromatic rings. The second-order valence-electron chi connectivity index (χ2n) is 5.31. The Hall–Kier alpha value is -1.64. The van der Waals surface area contributed by atoms with Gasteiger partial charge in [-0.05, 0) is 19.3 Å². The summed E-state index contributed by atoms with van der Waals surface area (Å²) in [6, 6.07) is -0.449. The summed E-state index contributed by atoms with van der Waals surface area (Å²) in [5.41, 5.74) is -0.575. The molecule has 128 valence electrons. The van der Waals surface area contributed by atoms with Crippen LogP contribution in [-0.4, -0.2) is 40.4 Å². The van der Waals surface area contributed by atoms with Gasteiger partial charge in [0.25, 0.3) is 0 Å². The molecule has 1 aliphatic rings. The molecule has 2 amide bonds.